The van der Waals surface area contributed by atoms with Gasteiger partial charge < -0.3 is 10.1 Å². The Balaban J connectivity index is 2.02. The van der Waals surface area contributed by atoms with Gasteiger partial charge >= 0.3 is 5.97 Å². The zero-order chi connectivity index (χ0) is 19.3. The maximum absolute atomic E-state index is 12.5. The monoisotopic (exact) mass is 414 g/mol. The van der Waals surface area contributed by atoms with Crippen molar-refractivity contribution in [2.24, 2.45) is 5.92 Å². The molecule has 0 fully saturated rings. The fraction of sp³-hybridized carbons (Fsp3) is 0.389. The number of hydrogen-bond acceptors (Lipinski definition) is 5. The standard InChI is InChI=1S/C18H20Cl2N2O3S/c1-4-15-21-12(9-26-15)8-25-18(24)16(10(2)3)22-17(23)13-6-5-11(19)7-14(13)20/h5-7,9-10,16H,4,8H2,1-3H3,(H,22,23)/t16-/m0/s1. The molecule has 1 amide bonds. The Bertz CT molecular complexity index is 792. The van der Waals surface area contributed by atoms with Crippen molar-refractivity contribution in [2.75, 3.05) is 0 Å². The Kier molecular flexibility index (Phi) is 7.43. The summed E-state index contributed by atoms with van der Waals surface area (Å²) in [4.78, 5) is 29.2. The van der Waals surface area contributed by atoms with Crippen molar-refractivity contribution in [2.45, 2.75) is 39.8 Å². The third-order valence-electron chi connectivity index (χ3n) is 3.65. The van der Waals surface area contributed by atoms with Crippen LogP contribution in [0.4, 0.5) is 0 Å². The molecule has 0 aliphatic heterocycles. The molecule has 5 nitrogen and oxygen atoms in total. The topological polar surface area (TPSA) is 68.3 Å². The summed E-state index contributed by atoms with van der Waals surface area (Å²) in [5, 5.41) is 6.19. The van der Waals surface area contributed by atoms with Crippen LogP contribution in [-0.4, -0.2) is 22.9 Å². The van der Waals surface area contributed by atoms with Crippen LogP contribution in [0.3, 0.4) is 0 Å². The molecule has 0 bridgehead atoms. The van der Waals surface area contributed by atoms with Gasteiger partial charge in [-0.25, -0.2) is 9.78 Å². The van der Waals surface area contributed by atoms with E-state index in [0.29, 0.717) is 10.7 Å². The number of aromatic nitrogens is 1. The number of rotatable bonds is 7. The van der Waals surface area contributed by atoms with Crippen LogP contribution in [-0.2, 0) is 22.6 Å². The largest absolute Gasteiger partial charge is 0.458 e. The third kappa shape index (κ3) is 5.43. The van der Waals surface area contributed by atoms with E-state index >= 15 is 0 Å². The predicted octanol–water partition coefficient (Wildman–Crippen LogP) is 4.51. The quantitative estimate of drug-likeness (QED) is 0.676. The maximum atomic E-state index is 12.5. The Morgan fingerprint density at radius 3 is 2.62 bits per heavy atom. The molecular formula is C18H20Cl2N2O3S. The number of halogens is 2. The summed E-state index contributed by atoms with van der Waals surface area (Å²) < 4.78 is 5.33. The molecule has 0 aliphatic carbocycles. The number of carbonyl (C=O) groups excluding carboxylic acids is 2. The number of ether oxygens (including phenoxy) is 1. The maximum Gasteiger partial charge on any atom is 0.329 e. The lowest BCUT2D eigenvalue weighted by Crippen LogP contribution is -2.45. The minimum absolute atomic E-state index is 0.0795. The molecule has 2 aromatic rings. The number of esters is 1. The van der Waals surface area contributed by atoms with Gasteiger partial charge in [-0.1, -0.05) is 44.0 Å². The normalized spacial score (nSPS) is 12.1. The summed E-state index contributed by atoms with van der Waals surface area (Å²) in [7, 11) is 0. The van der Waals surface area contributed by atoms with Crippen LogP contribution >= 0.6 is 34.5 Å². The number of thiazole rings is 1. The summed E-state index contributed by atoms with van der Waals surface area (Å²) >= 11 is 13.4. The van der Waals surface area contributed by atoms with Crippen LogP contribution in [0.1, 0.15) is 41.8 Å². The van der Waals surface area contributed by atoms with E-state index in [1.165, 1.54) is 23.5 Å². The first-order valence-electron chi connectivity index (χ1n) is 8.17. The Hall–Kier alpha value is -1.63. The molecule has 0 spiro atoms. The molecule has 8 heteroatoms. The highest BCUT2D eigenvalue weighted by atomic mass is 35.5. The predicted molar refractivity (Wildman–Crippen MR) is 104 cm³/mol. The van der Waals surface area contributed by atoms with Gasteiger partial charge in [0.2, 0.25) is 0 Å². The average molecular weight is 415 g/mol. The lowest BCUT2D eigenvalue weighted by atomic mass is 10.0. The zero-order valence-corrected chi connectivity index (χ0v) is 17.0. The summed E-state index contributed by atoms with van der Waals surface area (Å²) in [6.45, 7) is 5.75. The lowest BCUT2D eigenvalue weighted by Gasteiger charge is -2.21. The summed E-state index contributed by atoms with van der Waals surface area (Å²) in [5.74, 6) is -1.12. The van der Waals surface area contributed by atoms with Crippen molar-refractivity contribution in [1.82, 2.24) is 10.3 Å². The summed E-state index contributed by atoms with van der Waals surface area (Å²) in [6, 6.07) is 3.77. The molecule has 0 radical (unpaired) electrons. The zero-order valence-electron chi connectivity index (χ0n) is 14.7. The van der Waals surface area contributed by atoms with Crippen LogP contribution in [0.2, 0.25) is 10.0 Å². The van der Waals surface area contributed by atoms with Gasteiger partial charge in [0.1, 0.15) is 12.6 Å². The van der Waals surface area contributed by atoms with Crippen LogP contribution in [0.25, 0.3) is 0 Å². The number of nitrogens with zero attached hydrogens (tertiary/aromatic N) is 1. The van der Waals surface area contributed by atoms with Gasteiger partial charge in [0.25, 0.3) is 5.91 Å². The highest BCUT2D eigenvalue weighted by molar-refractivity contribution is 7.09. The van der Waals surface area contributed by atoms with Gasteiger partial charge in [0, 0.05) is 10.4 Å². The molecule has 1 aromatic carbocycles. The van der Waals surface area contributed by atoms with Crippen molar-refractivity contribution in [1.29, 1.82) is 0 Å². The molecule has 1 heterocycles. The second kappa shape index (κ2) is 9.35. The SMILES string of the molecule is CCc1nc(COC(=O)[C@@H](NC(=O)c2ccc(Cl)cc2Cl)C(C)C)cs1. The number of nitrogens with one attached hydrogen (secondary N) is 1. The Morgan fingerprint density at radius 2 is 2.04 bits per heavy atom. The number of carbonyl (C=O) groups is 2. The number of hydrogen-bond donors (Lipinski definition) is 1. The molecule has 0 unspecified atom stereocenters. The Labute approximate surface area is 166 Å². The second-order valence-electron chi connectivity index (χ2n) is 6.01. The second-order valence-corrected chi connectivity index (χ2v) is 7.80. The van der Waals surface area contributed by atoms with Gasteiger partial charge in [0.15, 0.2) is 0 Å². The molecule has 0 aliphatic rings. The highest BCUT2D eigenvalue weighted by Crippen LogP contribution is 2.21. The molecule has 1 aromatic heterocycles. The first kappa shape index (κ1) is 20.7. The van der Waals surface area contributed by atoms with Crippen LogP contribution in [0, 0.1) is 5.92 Å². The minimum atomic E-state index is -0.793. The number of aryl methyl sites for hydroxylation is 1. The molecule has 26 heavy (non-hydrogen) atoms. The van der Waals surface area contributed by atoms with E-state index in [0.717, 1.165) is 11.4 Å². The van der Waals surface area contributed by atoms with E-state index in [1.807, 2.05) is 26.2 Å². The average Bonchev–Trinajstić information content (AvgIpc) is 3.05. The van der Waals surface area contributed by atoms with Crippen LogP contribution in [0.5, 0.6) is 0 Å². The van der Waals surface area contributed by atoms with E-state index in [9.17, 15) is 9.59 Å². The number of benzene rings is 1. The fourth-order valence-corrected chi connectivity index (χ4v) is 3.43. The van der Waals surface area contributed by atoms with E-state index in [1.54, 1.807) is 6.07 Å². The van der Waals surface area contributed by atoms with Gasteiger partial charge in [0.05, 0.1) is 21.3 Å². The summed E-state index contributed by atoms with van der Waals surface area (Å²) in [5.41, 5.74) is 0.955. The van der Waals surface area contributed by atoms with Crippen molar-refractivity contribution in [3.63, 3.8) is 0 Å². The van der Waals surface area contributed by atoms with Crippen molar-refractivity contribution >= 4 is 46.4 Å². The summed E-state index contributed by atoms with van der Waals surface area (Å²) in [6.07, 6.45) is 0.838. The Morgan fingerprint density at radius 1 is 1.31 bits per heavy atom. The molecule has 140 valence electrons. The van der Waals surface area contributed by atoms with Gasteiger partial charge in [-0.2, -0.15) is 0 Å². The number of amides is 1. The smallest absolute Gasteiger partial charge is 0.329 e. The molecule has 0 saturated heterocycles. The van der Waals surface area contributed by atoms with Crippen LogP contribution in [0.15, 0.2) is 23.6 Å². The minimum Gasteiger partial charge on any atom is -0.458 e. The third-order valence-corrected chi connectivity index (χ3v) is 5.24. The van der Waals surface area contributed by atoms with Crippen LogP contribution < -0.4 is 5.32 Å². The van der Waals surface area contributed by atoms with E-state index in [4.69, 9.17) is 27.9 Å². The molecule has 2 rings (SSSR count). The van der Waals surface area contributed by atoms with E-state index < -0.39 is 17.9 Å². The van der Waals surface area contributed by atoms with Crippen molar-refractivity contribution in [3.8, 4) is 0 Å². The lowest BCUT2D eigenvalue weighted by molar-refractivity contribution is -0.148. The highest BCUT2D eigenvalue weighted by Gasteiger charge is 2.27. The molecule has 1 atom stereocenters. The van der Waals surface area contributed by atoms with E-state index in [-0.39, 0.29) is 23.1 Å². The van der Waals surface area contributed by atoms with Gasteiger partial charge in [-0.05, 0) is 30.5 Å². The van der Waals surface area contributed by atoms with Gasteiger partial charge in [-0.3, -0.25) is 4.79 Å². The van der Waals surface area contributed by atoms with E-state index in [2.05, 4.69) is 10.3 Å². The van der Waals surface area contributed by atoms with Gasteiger partial charge in [-0.15, -0.1) is 11.3 Å². The fourth-order valence-electron chi connectivity index (χ4n) is 2.20. The molecule has 0 saturated carbocycles. The molecule has 1 N–H and O–H groups in total. The van der Waals surface area contributed by atoms with Crippen molar-refractivity contribution in [3.05, 3.63) is 49.9 Å². The van der Waals surface area contributed by atoms with Crippen molar-refractivity contribution < 1.29 is 14.3 Å². The molecular weight excluding hydrogens is 395 g/mol. The first-order valence-corrected chi connectivity index (χ1v) is 9.81. The first-order chi connectivity index (χ1) is 12.3.